The Morgan fingerprint density at radius 1 is 1.04 bits per heavy atom. The summed E-state index contributed by atoms with van der Waals surface area (Å²) in [4.78, 5) is 0.216. The van der Waals surface area contributed by atoms with E-state index in [9.17, 15) is 8.42 Å². The Bertz CT molecular complexity index is 1020. The van der Waals surface area contributed by atoms with Gasteiger partial charge in [-0.15, -0.1) is 0 Å². The number of aromatic nitrogens is 1. The van der Waals surface area contributed by atoms with Crippen LogP contribution in [0.2, 0.25) is 0 Å². The summed E-state index contributed by atoms with van der Waals surface area (Å²) < 4.78 is 38.2. The molecule has 2 aromatic carbocycles. The van der Waals surface area contributed by atoms with Gasteiger partial charge in [-0.3, -0.25) is 4.72 Å². The Kier molecular flexibility index (Phi) is 4.73. The minimum atomic E-state index is -3.69. The van der Waals surface area contributed by atoms with E-state index in [-0.39, 0.29) is 4.90 Å². The molecule has 0 aliphatic rings. The van der Waals surface area contributed by atoms with Gasteiger partial charge in [-0.25, -0.2) is 8.42 Å². The molecule has 7 heteroatoms. The van der Waals surface area contributed by atoms with Crippen molar-refractivity contribution in [3.05, 3.63) is 59.5 Å². The number of anilines is 1. The van der Waals surface area contributed by atoms with E-state index in [4.69, 9.17) is 9.26 Å². The zero-order valence-corrected chi connectivity index (χ0v) is 15.8. The topological polar surface area (TPSA) is 81.4 Å². The van der Waals surface area contributed by atoms with Crippen molar-refractivity contribution in [3.8, 4) is 16.9 Å². The lowest BCUT2D eigenvalue weighted by atomic mass is 10.0. The van der Waals surface area contributed by atoms with Gasteiger partial charge >= 0.3 is 0 Å². The van der Waals surface area contributed by atoms with Crippen LogP contribution in [0.1, 0.15) is 17.0 Å². The number of nitrogens with one attached hydrogen (secondary N) is 1. The first-order valence-corrected chi connectivity index (χ1v) is 9.51. The molecule has 0 bridgehead atoms. The molecule has 136 valence electrons. The molecule has 0 amide bonds. The highest BCUT2D eigenvalue weighted by Crippen LogP contribution is 2.29. The molecule has 0 aliphatic carbocycles. The molecule has 1 aromatic heterocycles. The Morgan fingerprint density at radius 3 is 2.27 bits per heavy atom. The Morgan fingerprint density at radius 2 is 1.73 bits per heavy atom. The van der Waals surface area contributed by atoms with E-state index in [0.717, 1.165) is 22.6 Å². The normalized spacial score (nSPS) is 11.4. The Hall–Kier alpha value is -2.80. The first-order chi connectivity index (χ1) is 12.3. The molecule has 6 nitrogen and oxygen atoms in total. The molecule has 3 aromatic rings. The summed E-state index contributed by atoms with van der Waals surface area (Å²) in [7, 11) is -2.15. The van der Waals surface area contributed by atoms with Crippen LogP contribution in [0.3, 0.4) is 0 Å². The van der Waals surface area contributed by atoms with Crippen LogP contribution in [-0.4, -0.2) is 20.7 Å². The van der Waals surface area contributed by atoms with Crippen molar-refractivity contribution >= 4 is 15.7 Å². The van der Waals surface area contributed by atoms with Gasteiger partial charge in [-0.05, 0) is 62.2 Å². The first-order valence-electron chi connectivity index (χ1n) is 8.02. The van der Waals surface area contributed by atoms with E-state index in [1.165, 1.54) is 6.07 Å². The van der Waals surface area contributed by atoms with Crippen LogP contribution >= 0.6 is 0 Å². The summed E-state index contributed by atoms with van der Waals surface area (Å²) >= 11 is 0. The second kappa shape index (κ2) is 6.84. The lowest BCUT2D eigenvalue weighted by molar-refractivity contribution is 0.393. The molecule has 3 rings (SSSR count). The van der Waals surface area contributed by atoms with Gasteiger partial charge in [0.1, 0.15) is 11.5 Å². The van der Waals surface area contributed by atoms with Crippen LogP contribution in [0.4, 0.5) is 5.69 Å². The molecule has 0 spiro atoms. The van der Waals surface area contributed by atoms with E-state index in [1.807, 2.05) is 26.0 Å². The van der Waals surface area contributed by atoms with Gasteiger partial charge < -0.3 is 9.26 Å². The van der Waals surface area contributed by atoms with Crippen LogP contribution in [0, 0.1) is 20.8 Å². The number of aryl methyl sites for hydroxylation is 3. The van der Waals surface area contributed by atoms with Crippen molar-refractivity contribution in [1.29, 1.82) is 0 Å². The number of nitrogens with zero attached hydrogens (tertiary/aromatic N) is 1. The number of methoxy groups -OCH3 is 1. The fraction of sp³-hybridized carbons (Fsp3) is 0.211. The lowest BCUT2D eigenvalue weighted by Gasteiger charge is -2.12. The van der Waals surface area contributed by atoms with E-state index in [2.05, 4.69) is 9.88 Å². The maximum absolute atomic E-state index is 12.7. The summed E-state index contributed by atoms with van der Waals surface area (Å²) in [5.74, 6) is 1.34. The molecular formula is C19H20N2O4S. The highest BCUT2D eigenvalue weighted by Gasteiger charge is 2.18. The predicted octanol–water partition coefficient (Wildman–Crippen LogP) is 4.08. The van der Waals surface area contributed by atoms with E-state index in [1.54, 1.807) is 38.3 Å². The van der Waals surface area contributed by atoms with Crippen LogP contribution in [0.15, 0.2) is 51.9 Å². The molecule has 1 N–H and O–H groups in total. The maximum Gasteiger partial charge on any atom is 0.262 e. The number of rotatable bonds is 5. The Balaban J connectivity index is 1.87. The standard InChI is InChI=1S/C19H20N2O4S/c1-12-11-17(24-4)9-10-18(12)26(22,23)21-16-7-5-15(6-8-16)19-13(2)20-25-14(19)3/h5-11,21H,1-4H3. The quantitative estimate of drug-likeness (QED) is 0.730. The molecule has 0 unspecified atom stereocenters. The average molecular weight is 372 g/mol. The summed E-state index contributed by atoms with van der Waals surface area (Å²) in [5.41, 5.74) is 3.74. The number of ether oxygens (including phenoxy) is 1. The predicted molar refractivity (Wildman–Crippen MR) is 100.0 cm³/mol. The molecule has 0 saturated carbocycles. The molecular weight excluding hydrogens is 352 g/mol. The van der Waals surface area contributed by atoms with Crippen molar-refractivity contribution in [2.45, 2.75) is 25.7 Å². The van der Waals surface area contributed by atoms with Gasteiger partial charge in [0.25, 0.3) is 10.0 Å². The Labute approximate surface area is 152 Å². The largest absolute Gasteiger partial charge is 0.497 e. The minimum Gasteiger partial charge on any atom is -0.497 e. The van der Waals surface area contributed by atoms with Gasteiger partial charge in [-0.1, -0.05) is 17.3 Å². The number of hydrogen-bond donors (Lipinski definition) is 1. The van der Waals surface area contributed by atoms with Gasteiger partial charge in [0.2, 0.25) is 0 Å². The second-order valence-electron chi connectivity index (χ2n) is 6.01. The monoisotopic (exact) mass is 372 g/mol. The third kappa shape index (κ3) is 3.43. The van der Waals surface area contributed by atoms with Gasteiger partial charge in [0.15, 0.2) is 0 Å². The van der Waals surface area contributed by atoms with E-state index < -0.39 is 10.0 Å². The van der Waals surface area contributed by atoms with Crippen molar-refractivity contribution in [1.82, 2.24) is 5.16 Å². The second-order valence-corrected chi connectivity index (χ2v) is 7.66. The molecule has 0 aliphatic heterocycles. The molecule has 0 saturated heterocycles. The van der Waals surface area contributed by atoms with Gasteiger partial charge in [0, 0.05) is 11.3 Å². The van der Waals surface area contributed by atoms with E-state index in [0.29, 0.717) is 17.0 Å². The number of benzene rings is 2. The summed E-state index contributed by atoms with van der Waals surface area (Å²) in [6.45, 7) is 5.45. The van der Waals surface area contributed by atoms with Crippen molar-refractivity contribution < 1.29 is 17.7 Å². The zero-order valence-electron chi connectivity index (χ0n) is 15.0. The summed E-state index contributed by atoms with van der Waals surface area (Å²) in [6.07, 6.45) is 0. The minimum absolute atomic E-state index is 0.216. The summed E-state index contributed by atoms with van der Waals surface area (Å²) in [6, 6.07) is 12.0. The van der Waals surface area contributed by atoms with E-state index >= 15 is 0 Å². The zero-order chi connectivity index (χ0) is 18.9. The summed E-state index contributed by atoms with van der Waals surface area (Å²) in [5, 5.41) is 3.94. The molecule has 26 heavy (non-hydrogen) atoms. The van der Waals surface area contributed by atoms with Crippen molar-refractivity contribution in [2.24, 2.45) is 0 Å². The van der Waals surface area contributed by atoms with Gasteiger partial charge in [0.05, 0.1) is 17.7 Å². The van der Waals surface area contributed by atoms with Crippen molar-refractivity contribution in [3.63, 3.8) is 0 Å². The highest BCUT2D eigenvalue weighted by molar-refractivity contribution is 7.92. The molecule has 0 radical (unpaired) electrons. The van der Waals surface area contributed by atoms with Crippen LogP contribution in [0.25, 0.3) is 11.1 Å². The SMILES string of the molecule is COc1ccc(S(=O)(=O)Nc2ccc(-c3c(C)noc3C)cc2)c(C)c1. The number of hydrogen-bond acceptors (Lipinski definition) is 5. The smallest absolute Gasteiger partial charge is 0.262 e. The third-order valence-electron chi connectivity index (χ3n) is 4.13. The third-order valence-corrected chi connectivity index (χ3v) is 5.67. The van der Waals surface area contributed by atoms with Crippen LogP contribution in [-0.2, 0) is 10.0 Å². The fourth-order valence-electron chi connectivity index (χ4n) is 2.86. The molecule has 1 heterocycles. The maximum atomic E-state index is 12.7. The lowest BCUT2D eigenvalue weighted by Crippen LogP contribution is -2.14. The molecule has 0 atom stereocenters. The first kappa shape index (κ1) is 18.0. The van der Waals surface area contributed by atoms with Crippen molar-refractivity contribution in [2.75, 3.05) is 11.8 Å². The number of sulfonamides is 1. The van der Waals surface area contributed by atoms with Crippen LogP contribution < -0.4 is 9.46 Å². The fourth-order valence-corrected chi connectivity index (χ4v) is 4.15. The van der Waals surface area contributed by atoms with Crippen LogP contribution in [0.5, 0.6) is 5.75 Å². The highest BCUT2D eigenvalue weighted by atomic mass is 32.2. The average Bonchev–Trinajstić information content (AvgIpc) is 2.93. The van der Waals surface area contributed by atoms with Gasteiger partial charge in [-0.2, -0.15) is 0 Å². The molecule has 0 fully saturated rings.